The summed E-state index contributed by atoms with van der Waals surface area (Å²) in [4.78, 5) is 99.6. The van der Waals surface area contributed by atoms with Crippen LogP contribution in [0.2, 0.25) is 0 Å². The lowest BCUT2D eigenvalue weighted by Crippen LogP contribution is -2.68. The number of phenolic OH excluding ortho intramolecular Hbond substituents is 1. The van der Waals surface area contributed by atoms with E-state index in [1.165, 1.54) is 38.6 Å². The number of hydrogen-bond acceptors (Lipinski definition) is 49. The number of likely N-dealkylation sites (N-methyl/N-ethyl adjacent to an activating group) is 1. The van der Waals surface area contributed by atoms with Gasteiger partial charge in [-0.15, -0.1) is 0 Å². The van der Waals surface area contributed by atoms with E-state index in [4.69, 9.17) is 90.2 Å². The van der Waals surface area contributed by atoms with Crippen molar-refractivity contribution >= 4 is 69.7 Å². The van der Waals surface area contributed by atoms with Gasteiger partial charge in [0.05, 0.1) is 113 Å². The van der Waals surface area contributed by atoms with Crippen LogP contribution in [0.5, 0.6) is 5.75 Å². The van der Waals surface area contributed by atoms with Gasteiger partial charge in [-0.3, -0.25) is 28.8 Å². The van der Waals surface area contributed by atoms with Gasteiger partial charge in [0.1, 0.15) is 189 Å². The van der Waals surface area contributed by atoms with E-state index in [1.54, 1.807) is 18.2 Å². The average molecular weight is 1990 g/mol. The van der Waals surface area contributed by atoms with E-state index in [0.29, 0.717) is 34.3 Å². The van der Waals surface area contributed by atoms with Crippen LogP contribution in [-0.2, 0) is 139 Å². The number of ether oxygens (including phenoxy) is 18. The maximum Gasteiger partial charge on any atom is 0.355 e. The zero-order chi connectivity index (χ0) is 98.3. The number of aryl methyl sites for hydroxylation is 1. The Hall–Kier alpha value is -6.14. The molecule has 21 fully saturated rings. The summed E-state index contributed by atoms with van der Waals surface area (Å²) in [5, 5.41) is 241. The number of Topliss-reactive ketones (excluding diaryl/α,β-unsaturated/α-hetero) is 2. The second kappa shape index (κ2) is 47.4. The van der Waals surface area contributed by atoms with E-state index >= 15 is 0 Å². The Morgan fingerprint density at radius 1 is 0.507 bits per heavy atom. The number of rotatable bonds is 32. The van der Waals surface area contributed by atoms with Crippen molar-refractivity contribution in [1.29, 1.82) is 0 Å². The van der Waals surface area contributed by atoms with Crippen molar-refractivity contribution in [3.8, 4) is 17.1 Å². The van der Waals surface area contributed by atoms with Crippen LogP contribution in [0.3, 0.4) is 0 Å². The predicted octanol–water partition coefficient (Wildman–Crippen LogP) is -11.4. The number of ketones is 2. The molecule has 0 radical (unpaired) electrons. The summed E-state index contributed by atoms with van der Waals surface area (Å²) >= 11 is 1.75. The van der Waals surface area contributed by atoms with Crippen LogP contribution in [0.4, 0.5) is 0 Å². The Morgan fingerprint density at radius 2 is 0.904 bits per heavy atom. The molecule has 50 nitrogen and oxygen atoms in total. The maximum atomic E-state index is 14.5. The molecule has 136 heavy (non-hydrogen) atoms. The molecule has 52 heteroatoms. The summed E-state index contributed by atoms with van der Waals surface area (Å²) in [5.74, 6) is -6.56. The van der Waals surface area contributed by atoms with Gasteiger partial charge in [0.2, 0.25) is 17.4 Å². The molecule has 23 aliphatic heterocycles. The highest BCUT2D eigenvalue weighted by atomic mass is 32.2. The summed E-state index contributed by atoms with van der Waals surface area (Å²) in [6, 6.07) is 4.95. The van der Waals surface area contributed by atoms with E-state index in [0.717, 1.165) is 29.1 Å². The number of pyridine rings is 2. The van der Waals surface area contributed by atoms with E-state index in [9.17, 15) is 136 Å². The van der Waals surface area contributed by atoms with Gasteiger partial charge in [-0.2, -0.15) is 23.5 Å². The van der Waals surface area contributed by atoms with E-state index in [-0.39, 0.29) is 92.8 Å². The average Bonchev–Trinajstić information content (AvgIpc) is 1.55. The molecule has 23 N–H and O–H groups in total. The largest absolute Gasteiger partial charge is 0.508 e. The number of thioether (sulfide) groups is 2. The van der Waals surface area contributed by atoms with Crippen molar-refractivity contribution in [3.05, 3.63) is 56.9 Å². The number of benzene rings is 1. The van der Waals surface area contributed by atoms with Gasteiger partial charge in [0, 0.05) is 65.8 Å². The van der Waals surface area contributed by atoms with E-state index in [2.05, 4.69) is 16.0 Å². The van der Waals surface area contributed by atoms with Gasteiger partial charge in [-0.25, -0.2) is 9.78 Å². The van der Waals surface area contributed by atoms with Crippen LogP contribution in [0, 0.1) is 5.92 Å². The number of aliphatic hydroxyl groups is 19. The second-order valence-corrected chi connectivity index (χ2v) is 36.6. The number of nitrogens with one attached hydrogen (secondary N) is 3. The number of carbonyl (C=O) groups is 6. The van der Waals surface area contributed by atoms with Gasteiger partial charge < -0.3 is 208 Å². The number of aromatic hydroxyl groups is 1. The topological polar surface area (TPSA) is 744 Å². The number of aliphatic hydroxyl groups excluding tert-OH is 19. The van der Waals surface area contributed by atoms with Crippen LogP contribution in [0.15, 0.2) is 29.1 Å². The third-order valence-corrected chi connectivity index (χ3v) is 28.0. The Balaban J connectivity index is 0.741. The molecule has 23 aliphatic rings. The van der Waals surface area contributed by atoms with Crippen molar-refractivity contribution in [1.82, 2.24) is 25.5 Å². The fourth-order valence-corrected chi connectivity index (χ4v) is 20.4. The molecule has 764 valence electrons. The van der Waals surface area contributed by atoms with Gasteiger partial charge in [-0.1, -0.05) is 13.8 Å². The Morgan fingerprint density at radius 3 is 1.29 bits per heavy atom. The van der Waals surface area contributed by atoms with Gasteiger partial charge >= 0.3 is 11.9 Å². The first kappa shape index (κ1) is 107. The van der Waals surface area contributed by atoms with E-state index < -0.39 is 325 Å². The van der Waals surface area contributed by atoms with Gasteiger partial charge in [0.15, 0.2) is 44.0 Å². The monoisotopic (exact) mass is 1980 g/mol. The number of phenols is 1. The lowest BCUT2D eigenvalue weighted by molar-refractivity contribution is -0.395. The van der Waals surface area contributed by atoms with Crippen LogP contribution in [-0.4, -0.2) is 471 Å². The standard InChI is InChI=1S/C84H121N5O45S2/c1-6-35-36-17-33(96)8-9-40(36)88-51-37(35)20-89-42(51)18-39-38(75(89)115)26-119-83(116)84(39,7-2)134-50(98)19-87-74(114)41(85-4)28-136-30-49-72-58(105)65(112)82(126-49)131-70-47(25-94)122-77(61(108)54(70)101)127-66-43(21-90)120-76(59(106)52(66)99)128-67-44(22-91)123-79(62(109)55(67)102)132-71-48(29-135-27-32(73(113)86-5)16-34(97)11-13-118-15-14-117-12-10-31(3)95)125-81(64(111)57(71)104)130-69-46(24-93)121-78(60(107)53(69)100)129-68-45(23-92)124-80(133-72)63(110)56(68)103/h8-9,17-18,32,41,43-49,52-72,76-82,85,90-94,96,99-112H,6-7,10-16,19-30H2,1-5H3,(H,86,113)(H,87,114)/t32-,41-,43?,44?,45?,46?,47?,48?,49?,52-,53-,54-,55-,56-,57-,58-,59?,60?,61?,62?,63?,64?,65?,66-,67-,68-,69-,70+,71-,72-,76-,77-,78+,79-,80+,81-,82+,84-/m1/s1. The number of fused-ring (bicyclic) bond motifs is 5. The zero-order valence-electron chi connectivity index (χ0n) is 74.4. The van der Waals surface area contributed by atoms with Crippen molar-refractivity contribution in [3.63, 3.8) is 0 Å². The normalized spacial score (nSPS) is 38.6. The maximum absolute atomic E-state index is 14.5. The summed E-state index contributed by atoms with van der Waals surface area (Å²) in [5.41, 5.74) is 0.0529. The number of hydrogen-bond donors (Lipinski definition) is 23. The third-order valence-electron chi connectivity index (χ3n) is 25.6. The van der Waals surface area contributed by atoms with Crippen LogP contribution in [0.25, 0.3) is 22.3 Å². The molecule has 0 spiro atoms. The Kier molecular flexibility index (Phi) is 37.3. The molecule has 38 atom stereocenters. The zero-order valence-corrected chi connectivity index (χ0v) is 76.0. The molecular weight excluding hydrogens is 1860 g/mol. The molecule has 2 amide bonds. The molecule has 0 saturated carbocycles. The minimum atomic E-state index is -2.36. The summed E-state index contributed by atoms with van der Waals surface area (Å²) < 4.78 is 108. The number of nitrogens with zero attached hydrogens (tertiary/aromatic N) is 2. The molecule has 21 saturated heterocycles. The molecule has 25 heterocycles. The molecule has 0 aliphatic carbocycles. The fourth-order valence-electron chi connectivity index (χ4n) is 18.1. The highest BCUT2D eigenvalue weighted by Gasteiger charge is 2.61. The highest BCUT2D eigenvalue weighted by molar-refractivity contribution is 7.99. The molecule has 14 bridgehead atoms. The number of amides is 2. The Bertz CT molecular complexity index is 4610. The number of aromatic nitrogens is 2. The van der Waals surface area contributed by atoms with Crippen molar-refractivity contribution in [2.45, 2.75) is 293 Å². The first-order valence-electron chi connectivity index (χ1n) is 44.6. The first-order valence-corrected chi connectivity index (χ1v) is 46.9. The smallest absolute Gasteiger partial charge is 0.355 e. The predicted molar refractivity (Wildman–Crippen MR) is 453 cm³/mol. The SMILES string of the molecule is CCc1c2c(nc3ccc(O)cc13)-c1cc3c(c(=O)n1C2)COC(=O)[C@]3(CC)OC(=O)CNC(=O)[C@@H](CSCC1O[C@H]2O[C@H]3C(CO)O[C@H](O[C@@H]4C(CO)O[C@H](O[C@@H]5C(CO)O[C@H](O[C@@H]6C(CSC[C@@H](CC(=O)CCOCCOCCC(C)=O)C(=O)NC)O[C@H](O[C@@H]7C(CO)O[C@@H](O[C@@H]8C(CO)O[C@@H](O[C@H]1[C@H](O)C2O)C(O)[C@H]8O)C(O)[C@H]7O)C(O)[C@H]6O)C(O)[C@H]5O)C(O)[C@H]4O)C(O)[C@H]3O)NC. The fraction of sp³-hybridized carbons (Fsp3) is 0.762. The van der Waals surface area contributed by atoms with Gasteiger partial charge in [-0.05, 0) is 56.6 Å². The third kappa shape index (κ3) is 22.9. The van der Waals surface area contributed by atoms with Crippen LogP contribution in [0.1, 0.15) is 68.7 Å². The van der Waals surface area contributed by atoms with Crippen LogP contribution < -0.4 is 21.5 Å². The number of cyclic esters (lactones) is 1. The summed E-state index contributed by atoms with van der Waals surface area (Å²) in [6.07, 6.45) is -74.4. The van der Waals surface area contributed by atoms with Gasteiger partial charge in [0.25, 0.3) is 5.56 Å². The molecule has 26 rings (SSSR count). The number of esters is 2. The van der Waals surface area contributed by atoms with Crippen molar-refractivity contribution in [2.24, 2.45) is 5.92 Å². The minimum Gasteiger partial charge on any atom is -0.508 e. The summed E-state index contributed by atoms with van der Waals surface area (Å²) in [6.45, 7) is -1.83. The lowest BCUT2D eigenvalue weighted by Gasteiger charge is -2.50. The minimum absolute atomic E-state index is 0.00632. The lowest BCUT2D eigenvalue weighted by atomic mass is 9.85. The summed E-state index contributed by atoms with van der Waals surface area (Å²) in [7, 11) is 2.67. The molecule has 3 aromatic rings. The number of carbonyl (C=O) groups excluding carboxylic acids is 6. The van der Waals surface area contributed by atoms with Crippen molar-refractivity contribution < 1.29 is 216 Å². The first-order chi connectivity index (χ1) is 65.0. The molecule has 2 aromatic heterocycles. The van der Waals surface area contributed by atoms with E-state index in [1.807, 2.05) is 6.92 Å². The Labute approximate surface area is 783 Å². The van der Waals surface area contributed by atoms with Crippen molar-refractivity contribution in [2.75, 3.05) is 103 Å². The second-order valence-electron chi connectivity index (χ2n) is 34.4. The molecule has 14 unspecified atom stereocenters. The quantitative estimate of drug-likeness (QED) is 0.0159. The highest BCUT2D eigenvalue weighted by Crippen LogP contribution is 2.45. The van der Waals surface area contributed by atoms with Crippen LogP contribution >= 0.6 is 23.5 Å². The molecule has 1 aromatic carbocycles. The molecular formula is C84H121N5O45S2.